The molecule has 1 heterocycles. The van der Waals surface area contributed by atoms with Gasteiger partial charge in [-0.05, 0) is 37.3 Å². The van der Waals surface area contributed by atoms with Crippen LogP contribution >= 0.6 is 0 Å². The summed E-state index contributed by atoms with van der Waals surface area (Å²) in [5.74, 6) is 1.54. The van der Waals surface area contributed by atoms with E-state index in [4.69, 9.17) is 0 Å². The van der Waals surface area contributed by atoms with Gasteiger partial charge >= 0.3 is 0 Å². The van der Waals surface area contributed by atoms with E-state index in [0.717, 1.165) is 17.9 Å². The van der Waals surface area contributed by atoms with Crippen LogP contribution in [0.15, 0.2) is 30.5 Å². The van der Waals surface area contributed by atoms with Crippen LogP contribution in [0.5, 0.6) is 0 Å². The first-order chi connectivity index (χ1) is 7.29. The largest absolute Gasteiger partial charge is 0.242 e. The van der Waals surface area contributed by atoms with Gasteiger partial charge in [-0.2, -0.15) is 0 Å². The van der Waals surface area contributed by atoms with Crippen LogP contribution in [0.3, 0.4) is 0 Å². The molecule has 2 heteroatoms. The summed E-state index contributed by atoms with van der Waals surface area (Å²) in [5.41, 5.74) is 2.26. The van der Waals surface area contributed by atoms with Crippen LogP contribution in [0.4, 0.5) is 0 Å². The van der Waals surface area contributed by atoms with Crippen LogP contribution in [0.2, 0.25) is 0 Å². The molecule has 1 atom stereocenters. The quantitative estimate of drug-likeness (QED) is 0.733. The van der Waals surface area contributed by atoms with Gasteiger partial charge in [0.25, 0.3) is 0 Å². The fourth-order valence-electron chi connectivity index (χ4n) is 1.77. The van der Waals surface area contributed by atoms with Crippen molar-refractivity contribution < 1.29 is 0 Å². The van der Waals surface area contributed by atoms with Gasteiger partial charge in [-0.15, -0.1) is 0 Å². The van der Waals surface area contributed by atoms with Crippen LogP contribution in [-0.4, -0.2) is 9.97 Å². The van der Waals surface area contributed by atoms with Crippen molar-refractivity contribution in [3.05, 3.63) is 42.0 Å². The van der Waals surface area contributed by atoms with Crippen LogP contribution in [-0.2, 0) is 0 Å². The lowest BCUT2D eigenvalue weighted by atomic mass is 9.93. The Morgan fingerprint density at radius 2 is 2.33 bits per heavy atom. The van der Waals surface area contributed by atoms with Gasteiger partial charge in [-0.1, -0.05) is 25.2 Å². The average molecular weight is 200 g/mol. The fraction of sp³-hybridized carbons (Fsp3) is 0.385. The van der Waals surface area contributed by atoms with Gasteiger partial charge < -0.3 is 0 Å². The highest BCUT2D eigenvalue weighted by Gasteiger charge is 2.08. The summed E-state index contributed by atoms with van der Waals surface area (Å²) in [5, 5.41) is 0. The summed E-state index contributed by atoms with van der Waals surface area (Å²) in [6.45, 7) is 4.15. The van der Waals surface area contributed by atoms with E-state index >= 15 is 0 Å². The van der Waals surface area contributed by atoms with Crippen molar-refractivity contribution >= 4 is 5.57 Å². The zero-order chi connectivity index (χ0) is 10.7. The van der Waals surface area contributed by atoms with Gasteiger partial charge in [0.2, 0.25) is 0 Å². The highest BCUT2D eigenvalue weighted by Crippen LogP contribution is 2.24. The van der Waals surface area contributed by atoms with Gasteiger partial charge in [-0.3, -0.25) is 0 Å². The maximum absolute atomic E-state index is 4.42. The molecule has 0 spiro atoms. The molecule has 0 bridgehead atoms. The van der Waals surface area contributed by atoms with Crippen LogP contribution in [0.25, 0.3) is 5.57 Å². The molecule has 15 heavy (non-hydrogen) atoms. The zero-order valence-electron chi connectivity index (χ0n) is 9.27. The Bertz CT molecular complexity index is 405. The molecule has 1 aromatic rings. The van der Waals surface area contributed by atoms with Crippen molar-refractivity contribution in [2.45, 2.75) is 26.7 Å². The molecule has 0 saturated carbocycles. The molecule has 2 nitrogen and oxygen atoms in total. The molecule has 1 aromatic heterocycles. The van der Waals surface area contributed by atoms with E-state index in [9.17, 15) is 0 Å². The first-order valence-corrected chi connectivity index (χ1v) is 5.48. The molecule has 0 amide bonds. The molecule has 78 valence electrons. The lowest BCUT2D eigenvalue weighted by molar-refractivity contribution is 0.634. The second kappa shape index (κ2) is 4.39. The van der Waals surface area contributed by atoms with Gasteiger partial charge in [0.15, 0.2) is 0 Å². The van der Waals surface area contributed by atoms with Crippen molar-refractivity contribution in [2.24, 2.45) is 5.92 Å². The molecule has 0 N–H and O–H groups in total. The summed E-state index contributed by atoms with van der Waals surface area (Å²) in [6, 6.07) is 1.97. The molecule has 1 unspecified atom stereocenters. The number of aromatic nitrogens is 2. The lowest BCUT2D eigenvalue weighted by Gasteiger charge is -2.13. The molecule has 1 aliphatic carbocycles. The molecule has 0 radical (unpaired) electrons. The summed E-state index contributed by atoms with van der Waals surface area (Å²) in [7, 11) is 0. The second-order valence-corrected chi connectivity index (χ2v) is 3.91. The van der Waals surface area contributed by atoms with E-state index in [1.54, 1.807) is 0 Å². The van der Waals surface area contributed by atoms with Gasteiger partial charge in [-0.25, -0.2) is 9.97 Å². The minimum Gasteiger partial charge on any atom is -0.242 e. The number of hydrogen-bond donors (Lipinski definition) is 0. The smallest absolute Gasteiger partial charge is 0.125 e. The molecule has 0 fully saturated rings. The Kier molecular flexibility index (Phi) is 2.95. The molecule has 2 rings (SSSR count). The minimum atomic E-state index is 0.705. The Morgan fingerprint density at radius 1 is 1.47 bits per heavy atom. The van der Waals surface area contributed by atoms with Crippen molar-refractivity contribution in [3.63, 3.8) is 0 Å². The Balaban J connectivity index is 2.20. The first kappa shape index (κ1) is 10.1. The van der Waals surface area contributed by atoms with E-state index in [0.29, 0.717) is 5.92 Å². The third-order valence-electron chi connectivity index (χ3n) is 2.78. The zero-order valence-corrected chi connectivity index (χ0v) is 9.27. The Labute approximate surface area is 90.8 Å². The number of rotatable bonds is 2. The third-order valence-corrected chi connectivity index (χ3v) is 2.78. The van der Waals surface area contributed by atoms with Gasteiger partial charge in [0.1, 0.15) is 5.82 Å². The number of allylic oxidation sites excluding steroid dienone is 4. The van der Waals surface area contributed by atoms with E-state index in [-0.39, 0.29) is 0 Å². The number of nitrogens with zero attached hydrogens (tertiary/aromatic N) is 2. The third kappa shape index (κ3) is 2.32. The molecular weight excluding hydrogens is 184 g/mol. The standard InChI is InChI=1S/C13H16N2/c1-3-11-4-6-12(7-5-11)13-8-9-14-10(2)15-13/h4,6-9,11H,3,5H2,1-2H3. The monoisotopic (exact) mass is 200 g/mol. The maximum atomic E-state index is 4.42. The average Bonchev–Trinajstić information content (AvgIpc) is 2.29. The maximum Gasteiger partial charge on any atom is 0.125 e. The minimum absolute atomic E-state index is 0.705. The summed E-state index contributed by atoms with van der Waals surface area (Å²) in [4.78, 5) is 8.52. The van der Waals surface area contributed by atoms with Crippen LogP contribution in [0, 0.1) is 12.8 Å². The topological polar surface area (TPSA) is 25.8 Å². The molecule has 1 aliphatic rings. The highest BCUT2D eigenvalue weighted by atomic mass is 14.9. The Morgan fingerprint density at radius 3 is 2.93 bits per heavy atom. The van der Waals surface area contributed by atoms with E-state index in [1.165, 1.54) is 12.0 Å². The van der Waals surface area contributed by atoms with E-state index < -0.39 is 0 Å². The summed E-state index contributed by atoms with van der Waals surface area (Å²) in [6.07, 6.45) is 10.9. The van der Waals surface area contributed by atoms with Crippen molar-refractivity contribution in [1.82, 2.24) is 9.97 Å². The van der Waals surface area contributed by atoms with Crippen molar-refractivity contribution in [1.29, 1.82) is 0 Å². The SMILES string of the molecule is CCC1C=CC(c2ccnc(C)n2)=CC1. The van der Waals surface area contributed by atoms with Gasteiger partial charge in [0, 0.05) is 6.20 Å². The second-order valence-electron chi connectivity index (χ2n) is 3.91. The molecular formula is C13H16N2. The van der Waals surface area contributed by atoms with Crippen LogP contribution in [0.1, 0.15) is 31.3 Å². The Hall–Kier alpha value is -1.44. The molecule has 0 aromatic carbocycles. The predicted molar refractivity (Wildman–Crippen MR) is 62.3 cm³/mol. The molecule has 0 saturated heterocycles. The van der Waals surface area contributed by atoms with Gasteiger partial charge in [0.05, 0.1) is 5.69 Å². The molecule has 0 aliphatic heterocycles. The number of aryl methyl sites for hydroxylation is 1. The predicted octanol–water partition coefficient (Wildman–Crippen LogP) is 3.15. The van der Waals surface area contributed by atoms with E-state index in [2.05, 4.69) is 35.1 Å². The lowest BCUT2D eigenvalue weighted by Crippen LogP contribution is -1.99. The normalized spacial score (nSPS) is 20.1. The highest BCUT2D eigenvalue weighted by molar-refractivity contribution is 5.72. The van der Waals surface area contributed by atoms with Crippen LogP contribution < -0.4 is 0 Å². The van der Waals surface area contributed by atoms with Crippen molar-refractivity contribution in [3.8, 4) is 0 Å². The first-order valence-electron chi connectivity index (χ1n) is 5.48. The summed E-state index contributed by atoms with van der Waals surface area (Å²) < 4.78 is 0. The van der Waals surface area contributed by atoms with E-state index in [1.807, 2.05) is 19.2 Å². The fourth-order valence-corrected chi connectivity index (χ4v) is 1.77. The van der Waals surface area contributed by atoms with Crippen molar-refractivity contribution in [2.75, 3.05) is 0 Å². The summed E-state index contributed by atoms with van der Waals surface area (Å²) >= 11 is 0. The number of hydrogen-bond acceptors (Lipinski definition) is 2.